The molecular weight excluding hydrogens is 433 g/mol. The van der Waals surface area contributed by atoms with Crippen molar-refractivity contribution in [2.45, 2.75) is 18.6 Å². The van der Waals surface area contributed by atoms with E-state index in [0.717, 1.165) is 17.8 Å². The van der Waals surface area contributed by atoms with E-state index in [-0.39, 0.29) is 23.2 Å². The zero-order valence-electron chi connectivity index (χ0n) is 16.6. The second-order valence-corrected chi connectivity index (χ2v) is 9.41. The molecule has 5 heterocycles. The van der Waals surface area contributed by atoms with E-state index in [1.54, 1.807) is 0 Å². The second kappa shape index (κ2) is 7.59. The molecule has 166 valence electrons. The fourth-order valence-electron chi connectivity index (χ4n) is 4.38. The molecule has 0 radical (unpaired) electrons. The topological polar surface area (TPSA) is 97.5 Å². The van der Waals surface area contributed by atoms with Crippen LogP contribution in [0, 0.1) is 0 Å². The Labute approximate surface area is 179 Å². The van der Waals surface area contributed by atoms with Gasteiger partial charge in [0.15, 0.2) is 5.82 Å². The van der Waals surface area contributed by atoms with Crippen molar-refractivity contribution in [1.29, 1.82) is 0 Å². The van der Waals surface area contributed by atoms with Gasteiger partial charge in [-0.15, -0.1) is 0 Å². The van der Waals surface area contributed by atoms with Gasteiger partial charge in [-0.25, -0.2) is 15.0 Å². The summed E-state index contributed by atoms with van der Waals surface area (Å²) in [6.07, 6.45) is -2.92. The summed E-state index contributed by atoms with van der Waals surface area (Å²) < 4.78 is 58.8. The van der Waals surface area contributed by atoms with Gasteiger partial charge in [0.2, 0.25) is 0 Å². The summed E-state index contributed by atoms with van der Waals surface area (Å²) in [7, 11) is -0.906. The molecule has 31 heavy (non-hydrogen) atoms. The number of nitrogens with two attached hydrogens (primary N) is 1. The lowest BCUT2D eigenvalue weighted by Gasteiger charge is -2.31. The summed E-state index contributed by atoms with van der Waals surface area (Å²) in [6, 6.07) is 0.827. The van der Waals surface area contributed by atoms with Gasteiger partial charge < -0.3 is 20.3 Å². The Morgan fingerprint density at radius 3 is 2.65 bits per heavy atom. The van der Waals surface area contributed by atoms with Gasteiger partial charge in [-0.3, -0.25) is 4.21 Å². The van der Waals surface area contributed by atoms with Crippen molar-refractivity contribution < 1.29 is 22.1 Å². The maximum Gasteiger partial charge on any atom is 0.417 e. The van der Waals surface area contributed by atoms with Gasteiger partial charge >= 0.3 is 6.18 Å². The third-order valence-corrected chi connectivity index (χ3v) is 7.23. The van der Waals surface area contributed by atoms with Crippen LogP contribution in [0.1, 0.15) is 11.1 Å². The van der Waals surface area contributed by atoms with Crippen LogP contribution >= 0.6 is 0 Å². The molecule has 2 fully saturated rings. The fourth-order valence-corrected chi connectivity index (χ4v) is 5.67. The molecule has 8 nitrogen and oxygen atoms in total. The van der Waals surface area contributed by atoms with Gasteiger partial charge in [-0.05, 0) is 6.07 Å². The molecule has 0 bridgehead atoms. The largest absolute Gasteiger partial charge is 0.417 e. The Morgan fingerprint density at radius 2 is 1.90 bits per heavy atom. The number of nitrogens with zero attached hydrogens (tertiary/aromatic N) is 5. The summed E-state index contributed by atoms with van der Waals surface area (Å²) in [5.74, 6) is 2.02. The molecule has 3 aliphatic heterocycles. The lowest BCUT2D eigenvalue weighted by atomic mass is 10.1. The van der Waals surface area contributed by atoms with Crippen LogP contribution in [-0.2, 0) is 28.1 Å². The van der Waals surface area contributed by atoms with Crippen molar-refractivity contribution >= 4 is 28.3 Å². The number of anilines is 3. The summed E-state index contributed by atoms with van der Waals surface area (Å²) >= 11 is 0. The number of nitrogen functional groups attached to an aromatic ring is 1. The molecule has 2 unspecified atom stereocenters. The van der Waals surface area contributed by atoms with Crippen LogP contribution in [0.25, 0.3) is 11.4 Å². The highest BCUT2D eigenvalue weighted by atomic mass is 32.2. The van der Waals surface area contributed by atoms with Crippen LogP contribution in [0.15, 0.2) is 12.3 Å². The average Bonchev–Trinajstić information content (AvgIpc) is 3.10. The zero-order chi connectivity index (χ0) is 21.8. The average molecular weight is 454 g/mol. The monoisotopic (exact) mass is 454 g/mol. The number of aromatic nitrogens is 3. The molecule has 0 amide bonds. The molecule has 2 aromatic heterocycles. The molecule has 0 saturated carbocycles. The van der Waals surface area contributed by atoms with Crippen molar-refractivity contribution in [3.63, 3.8) is 0 Å². The van der Waals surface area contributed by atoms with Gasteiger partial charge in [0.1, 0.15) is 17.5 Å². The van der Waals surface area contributed by atoms with Gasteiger partial charge in [0.25, 0.3) is 0 Å². The number of hydrogen-bond acceptors (Lipinski definition) is 8. The lowest BCUT2D eigenvalue weighted by Crippen LogP contribution is -2.44. The van der Waals surface area contributed by atoms with Crippen molar-refractivity contribution in [3.8, 4) is 11.4 Å². The third kappa shape index (κ3) is 3.71. The molecule has 2 N–H and O–H groups in total. The Kier molecular flexibility index (Phi) is 5.00. The van der Waals surface area contributed by atoms with Crippen molar-refractivity contribution in [2.24, 2.45) is 0 Å². The smallest absolute Gasteiger partial charge is 0.384 e. The zero-order valence-corrected chi connectivity index (χ0v) is 17.4. The van der Waals surface area contributed by atoms with Crippen LogP contribution < -0.4 is 15.5 Å². The molecule has 0 aromatic carbocycles. The number of fused-ring (bicyclic) bond motifs is 3. The molecular formula is C19H21F3N6O2S. The van der Waals surface area contributed by atoms with E-state index in [0.29, 0.717) is 62.4 Å². The minimum absolute atomic E-state index is 0.0144. The predicted molar refractivity (Wildman–Crippen MR) is 110 cm³/mol. The number of ether oxygens (including phenoxy) is 1. The quantitative estimate of drug-likeness (QED) is 0.729. The number of morpholine rings is 1. The van der Waals surface area contributed by atoms with E-state index in [9.17, 15) is 17.4 Å². The normalized spacial score (nSPS) is 23.6. The second-order valence-electron chi connectivity index (χ2n) is 7.79. The molecule has 5 rings (SSSR count). The van der Waals surface area contributed by atoms with E-state index >= 15 is 0 Å². The summed E-state index contributed by atoms with van der Waals surface area (Å²) in [6.45, 7) is 2.76. The molecule has 0 spiro atoms. The molecule has 3 aliphatic rings. The Bertz CT molecular complexity index is 1040. The molecule has 2 atom stereocenters. The van der Waals surface area contributed by atoms with E-state index in [1.807, 2.05) is 4.90 Å². The van der Waals surface area contributed by atoms with Crippen LogP contribution in [0.5, 0.6) is 0 Å². The van der Waals surface area contributed by atoms with Crippen molar-refractivity contribution in [2.75, 3.05) is 59.9 Å². The Morgan fingerprint density at radius 1 is 1.16 bits per heavy atom. The first kappa shape index (κ1) is 20.4. The highest BCUT2D eigenvalue weighted by Crippen LogP contribution is 2.42. The highest BCUT2D eigenvalue weighted by Gasteiger charge is 2.40. The summed E-state index contributed by atoms with van der Waals surface area (Å²) in [5.41, 5.74) is 5.30. The van der Waals surface area contributed by atoms with Gasteiger partial charge in [0, 0.05) is 66.2 Å². The van der Waals surface area contributed by atoms with Crippen LogP contribution in [0.2, 0.25) is 0 Å². The number of pyridine rings is 1. The van der Waals surface area contributed by atoms with Crippen LogP contribution in [0.3, 0.4) is 0 Å². The fraction of sp³-hybridized carbons (Fsp3) is 0.526. The van der Waals surface area contributed by atoms with Crippen molar-refractivity contribution in [3.05, 3.63) is 23.4 Å². The van der Waals surface area contributed by atoms with E-state index in [1.165, 1.54) is 0 Å². The number of halogens is 3. The Balaban J connectivity index is 1.67. The summed E-state index contributed by atoms with van der Waals surface area (Å²) in [5, 5.41) is 0. The minimum atomic E-state index is -4.63. The molecule has 2 saturated heterocycles. The predicted octanol–water partition coefficient (Wildman–Crippen LogP) is 1.47. The van der Waals surface area contributed by atoms with E-state index in [2.05, 4.69) is 19.9 Å². The van der Waals surface area contributed by atoms with E-state index < -0.39 is 22.5 Å². The summed E-state index contributed by atoms with van der Waals surface area (Å²) in [4.78, 5) is 17.1. The number of rotatable bonds is 2. The standard InChI is InChI=1S/C19H21F3N6O2S/c20-19(21,22)14-8-15(23)24-9-13(14)16-25-17(27-1-4-30-5-2-27)12-7-11-10-31(29)6-3-28(11)18(12)26-16/h8-9,11H,1-7,10H2,(H2,23,24). The first-order valence-electron chi connectivity index (χ1n) is 9.99. The van der Waals surface area contributed by atoms with Gasteiger partial charge in [-0.1, -0.05) is 0 Å². The Hall–Kier alpha value is -2.47. The van der Waals surface area contributed by atoms with Crippen molar-refractivity contribution in [1.82, 2.24) is 15.0 Å². The van der Waals surface area contributed by atoms with Crippen LogP contribution in [-0.4, -0.2) is 69.6 Å². The van der Waals surface area contributed by atoms with Gasteiger partial charge in [-0.2, -0.15) is 13.2 Å². The first-order valence-corrected chi connectivity index (χ1v) is 11.5. The molecule has 2 aromatic rings. The van der Waals surface area contributed by atoms with E-state index in [4.69, 9.17) is 10.5 Å². The minimum Gasteiger partial charge on any atom is -0.384 e. The van der Waals surface area contributed by atoms with Gasteiger partial charge in [0.05, 0.1) is 24.3 Å². The highest BCUT2D eigenvalue weighted by molar-refractivity contribution is 7.85. The number of alkyl halides is 3. The lowest BCUT2D eigenvalue weighted by molar-refractivity contribution is -0.137. The molecule has 0 aliphatic carbocycles. The number of hydrogen-bond donors (Lipinski definition) is 1. The first-order chi connectivity index (χ1) is 14.8. The maximum absolute atomic E-state index is 13.7. The third-order valence-electron chi connectivity index (χ3n) is 5.84. The molecule has 12 heteroatoms. The van der Waals surface area contributed by atoms with Crippen LogP contribution in [0.4, 0.5) is 30.6 Å². The maximum atomic E-state index is 13.7. The SMILES string of the molecule is Nc1cc(C(F)(F)F)c(-c2nc(N3CCOCC3)c3c(n2)N2CCS(=O)CC2C3)cn1.